The van der Waals surface area contributed by atoms with Crippen LogP contribution in [0.4, 0.5) is 4.79 Å². The fraction of sp³-hybridized carbons (Fsp3) is 0.867. The highest BCUT2D eigenvalue weighted by Crippen LogP contribution is 2.08. The molecule has 0 aliphatic carbocycles. The summed E-state index contributed by atoms with van der Waals surface area (Å²) in [7, 11) is 3.29. The molecule has 6 heteroatoms. The molecule has 6 nitrogen and oxygen atoms in total. The molecule has 0 bridgehead atoms. The molecule has 21 heavy (non-hydrogen) atoms. The second-order valence-electron chi connectivity index (χ2n) is 5.94. The largest absolute Gasteiger partial charge is 0.444 e. The lowest BCUT2D eigenvalue weighted by molar-refractivity contribution is -0.123. The molecule has 0 saturated heterocycles. The van der Waals surface area contributed by atoms with Crippen molar-refractivity contribution in [1.29, 1.82) is 0 Å². The number of amides is 1. The zero-order valence-electron chi connectivity index (χ0n) is 13.9. The molecule has 0 rings (SSSR count). The van der Waals surface area contributed by atoms with Gasteiger partial charge in [0.2, 0.25) is 0 Å². The first-order valence-electron chi connectivity index (χ1n) is 7.28. The van der Waals surface area contributed by atoms with Crippen molar-refractivity contribution in [3.8, 4) is 0 Å². The molecule has 0 unspecified atom stereocenters. The Morgan fingerprint density at radius 3 is 2.33 bits per heavy atom. The van der Waals surface area contributed by atoms with E-state index in [4.69, 9.17) is 14.2 Å². The molecule has 124 valence electrons. The maximum atomic E-state index is 11.7. The molecule has 0 aliphatic rings. The van der Waals surface area contributed by atoms with Crippen molar-refractivity contribution >= 4 is 11.9 Å². The van der Waals surface area contributed by atoms with E-state index in [0.717, 1.165) is 12.8 Å². The Kier molecular flexibility index (Phi) is 9.99. The van der Waals surface area contributed by atoms with Crippen molar-refractivity contribution in [2.45, 2.75) is 45.6 Å². The Labute approximate surface area is 127 Å². The quantitative estimate of drug-likeness (QED) is 0.579. The summed E-state index contributed by atoms with van der Waals surface area (Å²) in [6.07, 6.45) is 1.81. The molecule has 0 atom stereocenters. The van der Waals surface area contributed by atoms with Gasteiger partial charge in [-0.05, 0) is 33.6 Å². The zero-order valence-corrected chi connectivity index (χ0v) is 13.9. The van der Waals surface area contributed by atoms with Gasteiger partial charge in [-0.15, -0.1) is 0 Å². The van der Waals surface area contributed by atoms with Crippen LogP contribution in [0.15, 0.2) is 0 Å². The highest BCUT2D eigenvalue weighted by molar-refractivity contribution is 5.79. The molecule has 0 aromatic rings. The van der Waals surface area contributed by atoms with Crippen LogP contribution in [0.25, 0.3) is 0 Å². The number of likely N-dealkylation sites (N-methyl/N-ethyl adjacent to an activating group) is 1. The van der Waals surface area contributed by atoms with Crippen LogP contribution in [-0.2, 0) is 19.0 Å². The summed E-state index contributed by atoms with van der Waals surface area (Å²) in [6.45, 7) is 6.93. The zero-order chi connectivity index (χ0) is 16.3. The number of hydrogen-bond donors (Lipinski definition) is 0. The van der Waals surface area contributed by atoms with E-state index in [9.17, 15) is 9.59 Å². The van der Waals surface area contributed by atoms with Gasteiger partial charge in [0.25, 0.3) is 0 Å². The standard InChI is InChI=1S/C15H29NO5/c1-15(2,3)21-14(18)16(4)9-11-20-12-13(17)8-6-7-10-19-5/h6-12H2,1-5H3. The fourth-order valence-corrected chi connectivity index (χ4v) is 1.46. The lowest BCUT2D eigenvalue weighted by Gasteiger charge is -2.24. The molecule has 0 N–H and O–H groups in total. The minimum absolute atomic E-state index is 0.0750. The predicted molar refractivity (Wildman–Crippen MR) is 80.4 cm³/mol. The molecule has 0 aromatic heterocycles. The molecule has 0 aliphatic heterocycles. The third-order valence-corrected chi connectivity index (χ3v) is 2.59. The number of ketones is 1. The summed E-state index contributed by atoms with van der Waals surface area (Å²) < 4.78 is 15.4. The molecule has 0 fully saturated rings. The summed E-state index contributed by atoms with van der Waals surface area (Å²) in [4.78, 5) is 24.6. The first-order chi connectivity index (χ1) is 9.76. The number of carbonyl (C=O) groups excluding carboxylic acids is 2. The van der Waals surface area contributed by atoms with Crippen molar-refractivity contribution in [2.75, 3.05) is 40.5 Å². The van der Waals surface area contributed by atoms with Gasteiger partial charge in [0.05, 0.1) is 6.61 Å². The van der Waals surface area contributed by atoms with Crippen LogP contribution in [0.1, 0.15) is 40.0 Å². The summed E-state index contributed by atoms with van der Waals surface area (Å²) in [5.74, 6) is 0.0750. The highest BCUT2D eigenvalue weighted by atomic mass is 16.6. The van der Waals surface area contributed by atoms with E-state index in [1.807, 2.05) is 20.8 Å². The van der Waals surface area contributed by atoms with Crippen LogP contribution in [0, 0.1) is 0 Å². The van der Waals surface area contributed by atoms with Gasteiger partial charge < -0.3 is 19.1 Å². The number of unbranched alkanes of at least 4 members (excludes halogenated alkanes) is 1. The third-order valence-electron chi connectivity index (χ3n) is 2.59. The topological polar surface area (TPSA) is 65.1 Å². The van der Waals surface area contributed by atoms with Crippen molar-refractivity contribution in [3.05, 3.63) is 0 Å². The van der Waals surface area contributed by atoms with Crippen LogP contribution in [0.3, 0.4) is 0 Å². The number of hydrogen-bond acceptors (Lipinski definition) is 5. The van der Waals surface area contributed by atoms with Gasteiger partial charge in [-0.25, -0.2) is 4.79 Å². The Balaban J connectivity index is 3.65. The Morgan fingerprint density at radius 2 is 1.76 bits per heavy atom. The van der Waals surface area contributed by atoms with Crippen molar-refractivity contribution < 1.29 is 23.8 Å². The molecule has 1 amide bonds. The SMILES string of the molecule is COCCCCC(=O)COCCN(C)C(=O)OC(C)(C)C. The smallest absolute Gasteiger partial charge is 0.410 e. The van der Waals surface area contributed by atoms with Crippen LogP contribution in [-0.4, -0.2) is 62.9 Å². The van der Waals surface area contributed by atoms with E-state index in [1.54, 1.807) is 14.2 Å². The average molecular weight is 303 g/mol. The molecular formula is C15H29NO5. The fourth-order valence-electron chi connectivity index (χ4n) is 1.46. The molecule has 0 radical (unpaired) electrons. The maximum Gasteiger partial charge on any atom is 0.410 e. The summed E-state index contributed by atoms with van der Waals surface area (Å²) >= 11 is 0. The summed E-state index contributed by atoms with van der Waals surface area (Å²) in [5, 5.41) is 0. The van der Waals surface area contributed by atoms with Gasteiger partial charge in [0.15, 0.2) is 5.78 Å². The van der Waals surface area contributed by atoms with Gasteiger partial charge in [-0.3, -0.25) is 4.79 Å². The number of Topliss-reactive ketones (excluding diaryl/α,β-unsaturated/α-hetero) is 1. The van der Waals surface area contributed by atoms with E-state index in [2.05, 4.69) is 0 Å². The first kappa shape index (κ1) is 19.9. The normalized spacial score (nSPS) is 11.3. The number of carbonyl (C=O) groups is 2. The lowest BCUT2D eigenvalue weighted by atomic mass is 10.2. The van der Waals surface area contributed by atoms with Crippen LogP contribution >= 0.6 is 0 Å². The Bertz CT molecular complexity index is 312. The number of ether oxygens (including phenoxy) is 3. The Morgan fingerprint density at radius 1 is 1.10 bits per heavy atom. The van der Waals surface area contributed by atoms with Gasteiger partial charge in [0.1, 0.15) is 12.2 Å². The van der Waals surface area contributed by atoms with E-state index < -0.39 is 11.7 Å². The third kappa shape index (κ3) is 12.3. The molecule has 0 heterocycles. The lowest BCUT2D eigenvalue weighted by Crippen LogP contribution is -2.36. The van der Waals surface area contributed by atoms with Crippen LogP contribution in [0.2, 0.25) is 0 Å². The number of rotatable bonds is 10. The van der Waals surface area contributed by atoms with Crippen molar-refractivity contribution in [1.82, 2.24) is 4.90 Å². The van der Waals surface area contributed by atoms with Crippen LogP contribution in [0.5, 0.6) is 0 Å². The predicted octanol–water partition coefficient (Wildman–Crippen LogP) is 2.26. The van der Waals surface area contributed by atoms with Crippen molar-refractivity contribution in [3.63, 3.8) is 0 Å². The minimum atomic E-state index is -0.510. The van der Waals surface area contributed by atoms with Gasteiger partial charge in [-0.2, -0.15) is 0 Å². The average Bonchev–Trinajstić information content (AvgIpc) is 2.37. The molecular weight excluding hydrogens is 274 g/mol. The molecule has 0 spiro atoms. The van der Waals surface area contributed by atoms with E-state index >= 15 is 0 Å². The highest BCUT2D eigenvalue weighted by Gasteiger charge is 2.19. The summed E-state index contributed by atoms with van der Waals surface area (Å²) in [6, 6.07) is 0. The number of nitrogens with zero attached hydrogens (tertiary/aromatic N) is 1. The monoisotopic (exact) mass is 303 g/mol. The molecule has 0 saturated carbocycles. The van der Waals surface area contributed by atoms with Crippen LogP contribution < -0.4 is 0 Å². The van der Waals surface area contributed by atoms with Crippen molar-refractivity contribution in [2.24, 2.45) is 0 Å². The second-order valence-corrected chi connectivity index (χ2v) is 5.94. The number of methoxy groups -OCH3 is 1. The summed E-state index contributed by atoms with van der Waals surface area (Å²) in [5.41, 5.74) is -0.510. The first-order valence-corrected chi connectivity index (χ1v) is 7.28. The second kappa shape index (κ2) is 10.6. The van der Waals surface area contributed by atoms with E-state index in [-0.39, 0.29) is 12.4 Å². The van der Waals surface area contributed by atoms with E-state index in [1.165, 1.54) is 4.90 Å². The maximum absolute atomic E-state index is 11.7. The van der Waals surface area contributed by atoms with Gasteiger partial charge in [0, 0.05) is 33.7 Å². The van der Waals surface area contributed by atoms with E-state index in [0.29, 0.717) is 26.2 Å². The van der Waals surface area contributed by atoms with Gasteiger partial charge in [-0.1, -0.05) is 0 Å². The molecule has 0 aromatic carbocycles. The minimum Gasteiger partial charge on any atom is -0.444 e. The Hall–Kier alpha value is -1.14. The van der Waals surface area contributed by atoms with Gasteiger partial charge >= 0.3 is 6.09 Å².